The SMILES string of the molecule is c1ccc([Si](c2ccccc2)(c2ccccc2)c2ccc([Si](c3ccccc3)(c3ccccc3)c3ccccc3)cc2)cc1. The van der Waals surface area contributed by atoms with E-state index in [1.54, 1.807) is 0 Å². The highest BCUT2D eigenvalue weighted by Crippen LogP contribution is 2.12. The van der Waals surface area contributed by atoms with Crippen LogP contribution in [0, 0.1) is 0 Å². The van der Waals surface area contributed by atoms with E-state index >= 15 is 0 Å². The molecular weight excluding hydrogens is 561 g/mol. The molecule has 0 saturated carbocycles. The van der Waals surface area contributed by atoms with Gasteiger partial charge in [0.15, 0.2) is 16.1 Å². The summed E-state index contributed by atoms with van der Waals surface area (Å²) in [6, 6.07) is 76.8. The molecule has 0 radical (unpaired) electrons. The van der Waals surface area contributed by atoms with E-state index in [1.807, 2.05) is 0 Å². The molecule has 44 heavy (non-hydrogen) atoms. The highest BCUT2D eigenvalue weighted by molar-refractivity contribution is 7.21. The third-order valence-corrected chi connectivity index (χ3v) is 18.6. The predicted octanol–water partition coefficient (Wildman–Crippen LogP) is 4.44. The fourth-order valence-electron chi connectivity index (χ4n) is 7.10. The van der Waals surface area contributed by atoms with Gasteiger partial charge in [0.1, 0.15) is 0 Å². The first-order valence-corrected chi connectivity index (χ1v) is 19.3. The maximum atomic E-state index is 2.45. The first-order valence-electron chi connectivity index (χ1n) is 15.3. The van der Waals surface area contributed by atoms with Gasteiger partial charge < -0.3 is 0 Å². The summed E-state index contributed by atoms with van der Waals surface area (Å²) in [6.45, 7) is 0. The van der Waals surface area contributed by atoms with E-state index in [0.29, 0.717) is 0 Å². The van der Waals surface area contributed by atoms with E-state index in [0.717, 1.165) is 0 Å². The van der Waals surface area contributed by atoms with Crippen LogP contribution in [0.5, 0.6) is 0 Å². The summed E-state index contributed by atoms with van der Waals surface area (Å²) in [4.78, 5) is 0. The molecule has 0 bridgehead atoms. The minimum Gasteiger partial charge on any atom is -0.0623 e. The lowest BCUT2D eigenvalue weighted by molar-refractivity contribution is 1.65. The molecule has 0 aliphatic carbocycles. The van der Waals surface area contributed by atoms with Crippen LogP contribution in [0.3, 0.4) is 0 Å². The molecule has 0 fully saturated rings. The van der Waals surface area contributed by atoms with Gasteiger partial charge >= 0.3 is 0 Å². The third-order valence-electron chi connectivity index (χ3n) is 8.99. The van der Waals surface area contributed by atoms with Crippen molar-refractivity contribution in [3.05, 3.63) is 206 Å². The Kier molecular flexibility index (Phi) is 7.77. The first-order chi connectivity index (χ1) is 21.8. The van der Waals surface area contributed by atoms with Crippen molar-refractivity contribution in [2.75, 3.05) is 0 Å². The molecule has 7 aromatic rings. The minimum atomic E-state index is -2.60. The molecule has 0 nitrogen and oxygen atoms in total. The fourth-order valence-corrected chi connectivity index (χ4v) is 16.6. The Balaban J connectivity index is 1.52. The summed E-state index contributed by atoms with van der Waals surface area (Å²) in [5.41, 5.74) is 0. The monoisotopic (exact) mass is 594 g/mol. The van der Waals surface area contributed by atoms with E-state index in [1.165, 1.54) is 41.5 Å². The average Bonchev–Trinajstić information content (AvgIpc) is 3.12. The number of rotatable bonds is 8. The minimum absolute atomic E-state index is 1.39. The van der Waals surface area contributed by atoms with Crippen molar-refractivity contribution in [1.82, 2.24) is 0 Å². The second-order valence-electron chi connectivity index (χ2n) is 11.3. The van der Waals surface area contributed by atoms with Gasteiger partial charge in [-0.15, -0.1) is 0 Å². The van der Waals surface area contributed by atoms with Gasteiger partial charge in [0.05, 0.1) is 0 Å². The Morgan fingerprint density at radius 1 is 0.159 bits per heavy atom. The van der Waals surface area contributed by atoms with Gasteiger partial charge in [-0.25, -0.2) is 0 Å². The van der Waals surface area contributed by atoms with Crippen molar-refractivity contribution < 1.29 is 0 Å². The van der Waals surface area contributed by atoms with Crippen molar-refractivity contribution in [2.24, 2.45) is 0 Å². The molecule has 0 amide bonds. The molecule has 7 rings (SSSR count). The van der Waals surface area contributed by atoms with Crippen LogP contribution in [0.25, 0.3) is 0 Å². The Hall–Kier alpha value is -5.03. The van der Waals surface area contributed by atoms with Crippen molar-refractivity contribution in [2.45, 2.75) is 0 Å². The van der Waals surface area contributed by atoms with Crippen LogP contribution >= 0.6 is 0 Å². The second-order valence-corrected chi connectivity index (χ2v) is 18.9. The van der Waals surface area contributed by atoms with E-state index in [9.17, 15) is 0 Å². The number of hydrogen-bond donors (Lipinski definition) is 0. The van der Waals surface area contributed by atoms with Crippen LogP contribution in [0.15, 0.2) is 206 Å². The van der Waals surface area contributed by atoms with Crippen LogP contribution in [-0.2, 0) is 0 Å². The zero-order chi connectivity index (χ0) is 29.7. The quantitative estimate of drug-likeness (QED) is 0.180. The Morgan fingerprint density at radius 2 is 0.295 bits per heavy atom. The van der Waals surface area contributed by atoms with Gasteiger partial charge in [0, 0.05) is 0 Å². The van der Waals surface area contributed by atoms with E-state index < -0.39 is 16.1 Å². The van der Waals surface area contributed by atoms with Crippen LogP contribution in [0.4, 0.5) is 0 Å². The molecule has 0 spiro atoms. The van der Waals surface area contributed by atoms with Crippen LogP contribution in [-0.4, -0.2) is 16.1 Å². The summed E-state index contributed by atoms with van der Waals surface area (Å²) in [7, 11) is -5.21. The molecule has 0 unspecified atom stereocenters. The lowest BCUT2D eigenvalue weighted by Crippen LogP contribution is -2.76. The zero-order valence-electron chi connectivity index (χ0n) is 24.6. The third kappa shape index (κ3) is 4.69. The fraction of sp³-hybridized carbons (Fsp3) is 0. The van der Waals surface area contributed by atoms with Gasteiger partial charge in [-0.3, -0.25) is 0 Å². The molecule has 0 aliphatic rings. The molecular formula is C42H34Si2. The van der Waals surface area contributed by atoms with Crippen molar-refractivity contribution in [1.29, 1.82) is 0 Å². The van der Waals surface area contributed by atoms with Gasteiger partial charge in [0.2, 0.25) is 0 Å². The highest BCUT2D eigenvalue weighted by Gasteiger charge is 2.44. The molecule has 0 N–H and O–H groups in total. The number of benzene rings is 7. The van der Waals surface area contributed by atoms with Gasteiger partial charge in [-0.05, 0) is 41.5 Å². The smallest absolute Gasteiger partial charge is 0.0623 e. The second kappa shape index (κ2) is 12.3. The Bertz CT molecular complexity index is 1570. The zero-order valence-corrected chi connectivity index (χ0v) is 26.6. The van der Waals surface area contributed by atoms with Crippen molar-refractivity contribution >= 4 is 57.6 Å². The maximum absolute atomic E-state index is 2.60. The molecule has 0 saturated heterocycles. The van der Waals surface area contributed by atoms with Gasteiger partial charge in [-0.2, -0.15) is 0 Å². The predicted molar refractivity (Wildman–Crippen MR) is 194 cm³/mol. The standard InChI is InChI=1S/C42H34Si2/c1-7-19-35(20-8-1)43(36-21-9-2-10-22-36,37-23-11-3-12-24-37)41-31-33-42(34-32-41)44(38-25-13-4-14-26-38,39-27-15-5-16-28-39)40-29-17-6-18-30-40/h1-34H. The van der Waals surface area contributed by atoms with Gasteiger partial charge in [0.25, 0.3) is 0 Å². The van der Waals surface area contributed by atoms with Crippen LogP contribution < -0.4 is 41.5 Å². The molecule has 210 valence electrons. The summed E-state index contributed by atoms with van der Waals surface area (Å²) >= 11 is 0. The first kappa shape index (κ1) is 27.8. The normalized spacial score (nSPS) is 11.6. The average molecular weight is 595 g/mol. The molecule has 0 aromatic heterocycles. The lowest BCUT2D eigenvalue weighted by atomic mass is 10.3. The largest absolute Gasteiger partial charge is 0.179 e. The summed E-state index contributed by atoms with van der Waals surface area (Å²) < 4.78 is 0. The van der Waals surface area contributed by atoms with Gasteiger partial charge in [-0.1, -0.05) is 206 Å². The summed E-state index contributed by atoms with van der Waals surface area (Å²) in [5, 5.41) is 11.1. The molecule has 0 aliphatic heterocycles. The molecule has 2 heteroatoms. The van der Waals surface area contributed by atoms with E-state index in [2.05, 4.69) is 206 Å². The Morgan fingerprint density at radius 3 is 0.455 bits per heavy atom. The summed E-state index contributed by atoms with van der Waals surface area (Å²) in [5.74, 6) is 0. The van der Waals surface area contributed by atoms with Crippen LogP contribution in [0.2, 0.25) is 0 Å². The lowest BCUT2D eigenvalue weighted by Gasteiger charge is -2.37. The van der Waals surface area contributed by atoms with E-state index in [4.69, 9.17) is 0 Å². The topological polar surface area (TPSA) is 0 Å². The maximum Gasteiger partial charge on any atom is 0.179 e. The van der Waals surface area contributed by atoms with Crippen molar-refractivity contribution in [3.8, 4) is 0 Å². The van der Waals surface area contributed by atoms with Crippen LogP contribution in [0.1, 0.15) is 0 Å². The van der Waals surface area contributed by atoms with E-state index in [-0.39, 0.29) is 0 Å². The number of hydrogen-bond acceptors (Lipinski definition) is 0. The molecule has 0 atom stereocenters. The molecule has 0 heterocycles. The highest BCUT2D eigenvalue weighted by atomic mass is 28.3. The Labute approximate surface area is 263 Å². The van der Waals surface area contributed by atoms with Crippen molar-refractivity contribution in [3.63, 3.8) is 0 Å². The summed E-state index contributed by atoms with van der Waals surface area (Å²) in [6.07, 6.45) is 0. The molecule has 7 aromatic carbocycles.